The van der Waals surface area contributed by atoms with Gasteiger partial charge in [-0.05, 0) is 74.1 Å². The molecule has 0 saturated heterocycles. The molecular formula is C74H87FN24O10. The molecule has 4 amide bonds. The van der Waals surface area contributed by atoms with Gasteiger partial charge in [-0.25, -0.2) is 24.3 Å². The number of anilines is 16. The van der Waals surface area contributed by atoms with Crippen molar-refractivity contribution >= 4 is 138 Å². The summed E-state index contributed by atoms with van der Waals surface area (Å²) in [5.74, 6) is 8.30. The van der Waals surface area contributed by atoms with Crippen molar-refractivity contribution in [3.8, 4) is 34.5 Å². The summed E-state index contributed by atoms with van der Waals surface area (Å²) in [4.78, 5) is 65.9. The second kappa shape index (κ2) is 35.0. The molecule has 34 nitrogen and oxygen atoms in total. The normalized spacial score (nSPS) is 11.8. The zero-order valence-electron chi connectivity index (χ0n) is 62.5. The highest BCUT2D eigenvalue weighted by molar-refractivity contribution is 5.97. The minimum absolute atomic E-state index is 0.0525. The van der Waals surface area contributed by atoms with E-state index in [1.807, 2.05) is 86.6 Å². The van der Waals surface area contributed by atoms with Crippen molar-refractivity contribution in [3.05, 3.63) is 133 Å². The summed E-state index contributed by atoms with van der Waals surface area (Å²) in [5.41, 5.74) is 9.16. The van der Waals surface area contributed by atoms with Gasteiger partial charge in [-0.1, -0.05) is 39.0 Å². The summed E-state index contributed by atoms with van der Waals surface area (Å²) in [5, 5.41) is 53.8. The molecule has 1 saturated carbocycles. The molecule has 12 N–H and O–H groups in total. The quantitative estimate of drug-likeness (QED) is 0.0253. The third-order valence-corrected chi connectivity index (χ3v) is 17.0. The molecule has 1 fully saturated rings. The van der Waals surface area contributed by atoms with Gasteiger partial charge in [-0.15, -0.1) is 0 Å². The Morgan fingerprint density at radius 1 is 0.459 bits per heavy atom. The van der Waals surface area contributed by atoms with Gasteiger partial charge in [-0.3, -0.25) is 19.2 Å². The second-order valence-electron chi connectivity index (χ2n) is 24.6. The highest BCUT2D eigenvalue weighted by atomic mass is 19.1. The Morgan fingerprint density at radius 3 is 1.29 bits per heavy atom. The predicted octanol–water partition coefficient (Wildman–Crippen LogP) is 12.4. The SMILES string of the molecule is CCC(=O)Nc1cnn2c(NC)cc(Nc3c(C)cccc3OC)nc12.CCC(=O)Nc1cnn2c(NC)cc(Nc3cc(C)ccc3OC)nc12.CCC(=O)Nc1cnn2c(NC)cc(Nc3cc(OC)ccc3OC)nc12.CNc1cc(Nc2cc(F)cc3c2OCCO3)nc2c(NC(=O)CC3CC3)cnn12. The van der Waals surface area contributed by atoms with E-state index >= 15 is 0 Å². The van der Waals surface area contributed by atoms with Crippen molar-refractivity contribution in [3.63, 3.8) is 0 Å². The Bertz CT molecular complexity index is 5290. The van der Waals surface area contributed by atoms with Gasteiger partial charge in [0.1, 0.15) is 111 Å². The fourth-order valence-electron chi connectivity index (χ4n) is 11.2. The van der Waals surface area contributed by atoms with Gasteiger partial charge in [0.05, 0.1) is 76.0 Å². The molecule has 9 heterocycles. The molecule has 1 aliphatic carbocycles. The van der Waals surface area contributed by atoms with E-state index in [4.69, 9.17) is 28.4 Å². The van der Waals surface area contributed by atoms with Gasteiger partial charge in [0.2, 0.25) is 23.6 Å². The summed E-state index contributed by atoms with van der Waals surface area (Å²) in [6.45, 7) is 10.1. The van der Waals surface area contributed by atoms with Crippen LogP contribution in [0.25, 0.3) is 22.6 Å². The number of nitrogens with zero attached hydrogens (tertiary/aromatic N) is 12. The number of hydrogen-bond donors (Lipinski definition) is 12. The molecule has 8 aromatic heterocycles. The summed E-state index contributed by atoms with van der Waals surface area (Å²) in [7, 11) is 13.6. The Morgan fingerprint density at radius 2 is 0.872 bits per heavy atom. The summed E-state index contributed by atoms with van der Waals surface area (Å²) >= 11 is 0. The van der Waals surface area contributed by atoms with Crippen LogP contribution in [0.1, 0.15) is 70.4 Å². The van der Waals surface area contributed by atoms with Crippen molar-refractivity contribution in [1.29, 1.82) is 0 Å². The van der Waals surface area contributed by atoms with Crippen LogP contribution in [0.4, 0.5) is 96.4 Å². The number of aromatic nitrogens is 12. The van der Waals surface area contributed by atoms with Crippen molar-refractivity contribution in [2.24, 2.45) is 5.92 Å². The predicted molar refractivity (Wildman–Crippen MR) is 418 cm³/mol. The maximum Gasteiger partial charge on any atom is 0.224 e. The highest BCUT2D eigenvalue weighted by Crippen LogP contribution is 2.41. The molecule has 109 heavy (non-hydrogen) atoms. The number of nitrogens with one attached hydrogen (secondary N) is 12. The number of carbonyl (C=O) groups is 4. The number of rotatable bonds is 25. The fraction of sp³-hybridized carbons (Fsp3) is 0.297. The minimum Gasteiger partial charge on any atom is -0.497 e. The zero-order valence-corrected chi connectivity index (χ0v) is 62.5. The van der Waals surface area contributed by atoms with Crippen LogP contribution in [0, 0.1) is 25.6 Å². The number of amides is 4. The fourth-order valence-corrected chi connectivity index (χ4v) is 11.2. The van der Waals surface area contributed by atoms with E-state index in [1.165, 1.54) is 12.1 Å². The Kier molecular flexibility index (Phi) is 24.5. The number of aryl methyl sites for hydroxylation is 2. The van der Waals surface area contributed by atoms with E-state index in [1.54, 1.807) is 126 Å². The molecule has 12 aromatic rings. The average Bonchev–Trinajstić information content (AvgIpc) is 1.69. The van der Waals surface area contributed by atoms with Crippen LogP contribution < -0.4 is 92.2 Å². The zero-order chi connectivity index (χ0) is 77.4. The molecule has 1 aliphatic heterocycles. The largest absolute Gasteiger partial charge is 0.497 e. The molecule has 0 bridgehead atoms. The van der Waals surface area contributed by atoms with Gasteiger partial charge < -0.3 is 92.2 Å². The Balaban J connectivity index is 0.000000145. The first-order chi connectivity index (χ1) is 52.8. The van der Waals surface area contributed by atoms with Crippen molar-refractivity contribution in [1.82, 2.24) is 58.4 Å². The van der Waals surface area contributed by atoms with Gasteiger partial charge >= 0.3 is 0 Å². The third kappa shape index (κ3) is 18.2. The van der Waals surface area contributed by atoms with Crippen LogP contribution >= 0.6 is 0 Å². The second-order valence-corrected chi connectivity index (χ2v) is 24.6. The molecule has 0 unspecified atom stereocenters. The number of benzene rings is 4. The van der Waals surface area contributed by atoms with Gasteiger partial charge in [0.15, 0.2) is 34.1 Å². The van der Waals surface area contributed by atoms with Crippen LogP contribution in [0.3, 0.4) is 0 Å². The topological polar surface area (TPSA) is 389 Å². The summed E-state index contributed by atoms with van der Waals surface area (Å²) in [6.07, 6.45) is 10.2. The molecule has 2 aliphatic rings. The number of carbonyl (C=O) groups excluding carboxylic acids is 4. The summed E-state index contributed by atoms with van der Waals surface area (Å²) in [6, 6.07) is 27.0. The van der Waals surface area contributed by atoms with Crippen LogP contribution in [-0.2, 0) is 19.2 Å². The first kappa shape index (κ1) is 76.5. The number of hydrogen-bond acceptors (Lipinski definition) is 26. The van der Waals surface area contributed by atoms with Gasteiger partial charge in [0, 0.05) is 96.3 Å². The molecule has 0 spiro atoms. The highest BCUT2D eigenvalue weighted by Gasteiger charge is 2.26. The van der Waals surface area contributed by atoms with E-state index in [0.717, 1.165) is 58.5 Å². The maximum atomic E-state index is 14.1. The van der Waals surface area contributed by atoms with Crippen molar-refractivity contribution in [2.75, 3.05) is 134 Å². The lowest BCUT2D eigenvalue weighted by Crippen LogP contribution is -2.16. The van der Waals surface area contributed by atoms with Crippen molar-refractivity contribution < 1.29 is 52.0 Å². The number of ether oxygens (including phenoxy) is 6. The Labute approximate surface area is 626 Å². The lowest BCUT2D eigenvalue weighted by molar-refractivity contribution is -0.117. The van der Waals surface area contributed by atoms with Crippen LogP contribution in [-0.4, -0.2) is 152 Å². The van der Waals surface area contributed by atoms with E-state index in [0.29, 0.717) is 159 Å². The molecule has 0 radical (unpaired) electrons. The van der Waals surface area contributed by atoms with E-state index in [9.17, 15) is 23.6 Å². The third-order valence-electron chi connectivity index (χ3n) is 17.0. The number of halogens is 1. The smallest absolute Gasteiger partial charge is 0.224 e. The molecular weight excluding hydrogens is 1400 g/mol. The lowest BCUT2D eigenvalue weighted by atomic mass is 10.2. The number of fused-ring (bicyclic) bond motifs is 5. The van der Waals surface area contributed by atoms with E-state index in [-0.39, 0.29) is 23.6 Å². The number of methoxy groups -OCH3 is 4. The van der Waals surface area contributed by atoms with Gasteiger partial charge in [0.25, 0.3) is 0 Å². The Hall–Kier alpha value is -13.6. The maximum absolute atomic E-state index is 14.1. The standard InChI is InChI=1S/C20H21FN6O3.C18H22N6O3.2C18H22N6O2/c1-22-17-9-16(24-13-7-12(21)8-15-19(13)30-5-4-29-15)26-20-14(10-23-27(17)20)25-18(28)6-11-2-3-11;1-5-17(25)22-13-10-20-24-16(19-2)9-15(23-18(13)24)21-12-8-11(26-3)6-7-14(12)27-4;1-5-17(25)22-13-10-20-24-16(19-3)9-15(23-18(13)24)21-12-8-11(2)6-7-14(12)26-4;1-5-16(25)21-12-10-20-24-15(19-3)9-14(23-18(12)24)22-17-11(2)7-6-8-13(17)26-4/h7-11,22H,2-6H2,1H3,(H,24,26)(H,25,28);6-10,19H,5H2,1-4H3,(H,21,23)(H,22,25);6-10,19H,5H2,1-4H3,(H,21,23)(H,22,25);6-10,19H,5H2,1-4H3,(H,21,25)(H,22,23). The van der Waals surface area contributed by atoms with E-state index < -0.39 is 5.82 Å². The van der Waals surface area contributed by atoms with Crippen LogP contribution in [0.15, 0.2) is 116 Å². The number of para-hydroxylation sites is 1. The molecule has 0 atom stereocenters. The molecule has 4 aromatic carbocycles. The van der Waals surface area contributed by atoms with Crippen molar-refractivity contribution in [2.45, 2.75) is 73.1 Å². The average molecular weight is 1490 g/mol. The molecule has 14 rings (SSSR count). The summed E-state index contributed by atoms with van der Waals surface area (Å²) < 4.78 is 53.2. The molecule has 35 heteroatoms. The first-order valence-corrected chi connectivity index (χ1v) is 35.0. The van der Waals surface area contributed by atoms with Gasteiger partial charge in [-0.2, -0.15) is 38.5 Å². The minimum atomic E-state index is -0.450. The molecule has 570 valence electrons. The van der Waals surface area contributed by atoms with Crippen LogP contribution in [0.5, 0.6) is 34.5 Å². The lowest BCUT2D eigenvalue weighted by Gasteiger charge is -2.21. The van der Waals surface area contributed by atoms with Crippen LogP contribution in [0.2, 0.25) is 0 Å². The monoisotopic (exact) mass is 1490 g/mol. The van der Waals surface area contributed by atoms with E-state index in [2.05, 4.69) is 104 Å². The first-order valence-electron chi connectivity index (χ1n) is 35.0.